The summed E-state index contributed by atoms with van der Waals surface area (Å²) in [6.45, 7) is 6.01. The van der Waals surface area contributed by atoms with E-state index < -0.39 is 10.9 Å². The molecule has 32 heavy (non-hydrogen) atoms. The van der Waals surface area contributed by atoms with Gasteiger partial charge in [0.2, 0.25) is 0 Å². The molecule has 0 fully saturated rings. The standard InChI is InChI=1S/C24H25N3O5/c1-15-23-19(12-24(2,3)13-21(23)28)25-18-6-4-5-7-20(18)26(15)14-22(29)32-17-10-8-16(9-11-17)27(30)31/h4-11,15,25H,12-14H2,1-3H3. The number of Topliss-reactive ketones (excluding diaryl/α,β-unsaturated/α-hetero) is 1. The van der Waals surface area contributed by atoms with Crippen molar-refractivity contribution in [1.29, 1.82) is 0 Å². The molecule has 1 unspecified atom stereocenters. The molecule has 2 aromatic carbocycles. The number of carbonyl (C=O) groups is 2. The molecule has 0 aromatic heterocycles. The summed E-state index contributed by atoms with van der Waals surface area (Å²) in [4.78, 5) is 38.0. The van der Waals surface area contributed by atoms with E-state index in [0.717, 1.165) is 23.5 Å². The highest BCUT2D eigenvalue weighted by Crippen LogP contribution is 2.43. The first-order chi connectivity index (χ1) is 15.1. The van der Waals surface area contributed by atoms with Crippen LogP contribution in [0.5, 0.6) is 5.75 Å². The Labute approximate surface area is 186 Å². The zero-order chi connectivity index (χ0) is 23.0. The summed E-state index contributed by atoms with van der Waals surface area (Å²) in [5.74, 6) is -0.212. The van der Waals surface area contributed by atoms with Gasteiger partial charge in [-0.25, -0.2) is 4.79 Å². The van der Waals surface area contributed by atoms with Crippen molar-refractivity contribution >= 4 is 28.8 Å². The third-order valence-electron chi connectivity index (χ3n) is 5.88. The number of carbonyl (C=O) groups excluding carboxylic acids is 2. The van der Waals surface area contributed by atoms with Crippen molar-refractivity contribution in [2.24, 2.45) is 5.41 Å². The number of nitro benzene ring substituents is 1. The molecule has 8 nitrogen and oxygen atoms in total. The van der Waals surface area contributed by atoms with E-state index >= 15 is 0 Å². The van der Waals surface area contributed by atoms with Crippen LogP contribution >= 0.6 is 0 Å². The second-order valence-electron chi connectivity index (χ2n) is 9.00. The SMILES string of the molecule is CC1C2=C(CC(C)(C)CC2=O)Nc2ccccc2N1CC(=O)Oc1ccc([N+](=O)[O-])cc1. The van der Waals surface area contributed by atoms with Crippen LogP contribution in [-0.2, 0) is 9.59 Å². The first kappa shape index (κ1) is 21.5. The summed E-state index contributed by atoms with van der Waals surface area (Å²) in [5, 5.41) is 14.3. The number of ether oxygens (including phenoxy) is 1. The van der Waals surface area contributed by atoms with Crippen LogP contribution < -0.4 is 15.0 Å². The van der Waals surface area contributed by atoms with E-state index in [4.69, 9.17) is 4.74 Å². The van der Waals surface area contributed by atoms with Gasteiger partial charge in [0.15, 0.2) is 5.78 Å². The molecule has 0 radical (unpaired) electrons. The van der Waals surface area contributed by atoms with Crippen molar-refractivity contribution in [2.75, 3.05) is 16.8 Å². The number of non-ortho nitro benzene ring substituents is 1. The van der Waals surface area contributed by atoms with Gasteiger partial charge >= 0.3 is 5.97 Å². The zero-order valence-electron chi connectivity index (χ0n) is 18.3. The first-order valence-electron chi connectivity index (χ1n) is 10.5. The van der Waals surface area contributed by atoms with Gasteiger partial charge in [0.1, 0.15) is 12.3 Å². The van der Waals surface area contributed by atoms with Crippen LogP contribution in [0.15, 0.2) is 59.8 Å². The predicted octanol–water partition coefficient (Wildman–Crippen LogP) is 4.46. The van der Waals surface area contributed by atoms with E-state index in [1.807, 2.05) is 36.1 Å². The lowest BCUT2D eigenvalue weighted by Gasteiger charge is -2.35. The molecule has 1 heterocycles. The van der Waals surface area contributed by atoms with Crippen molar-refractivity contribution in [1.82, 2.24) is 0 Å². The summed E-state index contributed by atoms with van der Waals surface area (Å²) in [6.07, 6.45) is 1.20. The Kier molecular flexibility index (Phi) is 5.46. The Morgan fingerprint density at radius 3 is 2.56 bits per heavy atom. The van der Waals surface area contributed by atoms with Crippen LogP contribution in [0, 0.1) is 15.5 Å². The van der Waals surface area contributed by atoms with Crippen LogP contribution in [0.3, 0.4) is 0 Å². The monoisotopic (exact) mass is 435 g/mol. The molecule has 166 valence electrons. The number of fused-ring (bicyclic) bond motifs is 1. The molecule has 1 N–H and O–H groups in total. The molecular weight excluding hydrogens is 410 g/mol. The molecule has 0 saturated carbocycles. The van der Waals surface area contributed by atoms with Gasteiger partial charge in [0, 0.05) is 29.8 Å². The van der Waals surface area contributed by atoms with Gasteiger partial charge in [-0.3, -0.25) is 14.9 Å². The smallest absolute Gasteiger partial charge is 0.330 e. The van der Waals surface area contributed by atoms with Gasteiger partial charge < -0.3 is 15.0 Å². The normalized spacial score (nSPS) is 19.4. The fraction of sp³-hybridized carbons (Fsp3) is 0.333. The van der Waals surface area contributed by atoms with E-state index in [-0.39, 0.29) is 35.2 Å². The number of nitrogens with one attached hydrogen (secondary N) is 1. The summed E-state index contributed by atoms with van der Waals surface area (Å²) < 4.78 is 5.43. The molecule has 4 rings (SSSR count). The molecule has 2 aromatic rings. The van der Waals surface area contributed by atoms with E-state index in [1.54, 1.807) is 0 Å². The van der Waals surface area contributed by atoms with Gasteiger partial charge in [-0.05, 0) is 43.0 Å². The number of benzene rings is 2. The Morgan fingerprint density at radius 1 is 1.19 bits per heavy atom. The molecule has 0 amide bonds. The van der Waals surface area contributed by atoms with E-state index in [9.17, 15) is 19.7 Å². The number of para-hydroxylation sites is 2. The summed E-state index contributed by atoms with van der Waals surface area (Å²) >= 11 is 0. The molecular formula is C24H25N3O5. The number of rotatable bonds is 4. The zero-order valence-corrected chi connectivity index (χ0v) is 18.3. The third kappa shape index (κ3) is 4.21. The maximum Gasteiger partial charge on any atom is 0.330 e. The summed E-state index contributed by atoms with van der Waals surface area (Å²) in [7, 11) is 0. The maximum atomic E-state index is 13.1. The highest BCUT2D eigenvalue weighted by Gasteiger charge is 2.39. The third-order valence-corrected chi connectivity index (χ3v) is 5.88. The van der Waals surface area contributed by atoms with Crippen molar-refractivity contribution < 1.29 is 19.2 Å². The second kappa shape index (κ2) is 8.11. The summed E-state index contributed by atoms with van der Waals surface area (Å²) in [6, 6.07) is 12.7. The first-order valence-corrected chi connectivity index (χ1v) is 10.5. The van der Waals surface area contributed by atoms with Gasteiger partial charge in [-0.1, -0.05) is 26.0 Å². The van der Waals surface area contributed by atoms with E-state index in [2.05, 4.69) is 19.2 Å². The Bertz CT molecular complexity index is 1120. The molecule has 0 bridgehead atoms. The molecule has 1 aliphatic heterocycles. The number of hydrogen-bond donors (Lipinski definition) is 1. The largest absolute Gasteiger partial charge is 0.425 e. The average molecular weight is 435 g/mol. The molecule has 0 spiro atoms. The van der Waals surface area contributed by atoms with Gasteiger partial charge in [0.05, 0.1) is 22.3 Å². The number of allylic oxidation sites excluding steroid dienone is 1. The van der Waals surface area contributed by atoms with Crippen LogP contribution in [0.4, 0.5) is 17.1 Å². The number of nitrogens with zero attached hydrogens (tertiary/aromatic N) is 2. The second-order valence-corrected chi connectivity index (χ2v) is 9.00. The number of ketones is 1. The fourth-order valence-corrected chi connectivity index (χ4v) is 4.45. The molecule has 0 saturated heterocycles. The summed E-state index contributed by atoms with van der Waals surface area (Å²) in [5.41, 5.74) is 3.02. The van der Waals surface area contributed by atoms with Crippen LogP contribution in [-0.4, -0.2) is 29.3 Å². The molecule has 1 aliphatic carbocycles. The topological polar surface area (TPSA) is 102 Å². The van der Waals surface area contributed by atoms with E-state index in [1.165, 1.54) is 24.3 Å². The fourth-order valence-electron chi connectivity index (χ4n) is 4.45. The van der Waals surface area contributed by atoms with Gasteiger partial charge in [-0.15, -0.1) is 0 Å². The highest BCUT2D eigenvalue weighted by molar-refractivity contribution is 6.01. The number of hydrogen-bond acceptors (Lipinski definition) is 7. The quantitative estimate of drug-likeness (QED) is 0.327. The number of nitro groups is 1. The Hall–Kier alpha value is -3.68. The van der Waals surface area contributed by atoms with Crippen LogP contribution in [0.2, 0.25) is 0 Å². The van der Waals surface area contributed by atoms with Crippen LogP contribution in [0.25, 0.3) is 0 Å². The minimum Gasteiger partial charge on any atom is -0.425 e. The van der Waals surface area contributed by atoms with Crippen molar-refractivity contribution in [3.05, 3.63) is 69.9 Å². The molecule has 8 heteroatoms. The lowest BCUT2D eigenvalue weighted by atomic mass is 9.74. The average Bonchev–Trinajstić information content (AvgIpc) is 2.82. The van der Waals surface area contributed by atoms with Crippen LogP contribution in [0.1, 0.15) is 33.6 Å². The van der Waals surface area contributed by atoms with Crippen molar-refractivity contribution in [2.45, 2.75) is 39.7 Å². The lowest BCUT2D eigenvalue weighted by molar-refractivity contribution is -0.384. The predicted molar refractivity (Wildman–Crippen MR) is 121 cm³/mol. The lowest BCUT2D eigenvalue weighted by Crippen LogP contribution is -2.43. The number of anilines is 2. The van der Waals surface area contributed by atoms with Gasteiger partial charge in [-0.2, -0.15) is 0 Å². The van der Waals surface area contributed by atoms with Gasteiger partial charge in [0.25, 0.3) is 5.69 Å². The van der Waals surface area contributed by atoms with E-state index in [0.29, 0.717) is 12.0 Å². The molecule has 2 aliphatic rings. The Balaban J connectivity index is 1.62. The minimum absolute atomic E-state index is 0.0791. The Morgan fingerprint density at radius 2 is 1.88 bits per heavy atom. The van der Waals surface area contributed by atoms with Crippen molar-refractivity contribution in [3.8, 4) is 5.75 Å². The minimum atomic E-state index is -0.520. The highest BCUT2D eigenvalue weighted by atomic mass is 16.6. The molecule has 1 atom stereocenters. The van der Waals surface area contributed by atoms with Crippen molar-refractivity contribution in [3.63, 3.8) is 0 Å². The number of esters is 1. The maximum absolute atomic E-state index is 13.1.